The van der Waals surface area contributed by atoms with Gasteiger partial charge in [-0.3, -0.25) is 0 Å². The Hall–Kier alpha value is -2.37. The van der Waals surface area contributed by atoms with Crippen molar-refractivity contribution in [3.63, 3.8) is 0 Å². The Balaban J connectivity index is 2.02. The lowest BCUT2D eigenvalue weighted by atomic mass is 9.78. The normalized spacial score (nSPS) is 11.3. The SMILES string of the molecule is OB(O)c1ccc2c(ccc3c4ccc(B(O)O)cc4ccc23)c1. The van der Waals surface area contributed by atoms with Gasteiger partial charge in [-0.05, 0) is 43.2 Å². The maximum absolute atomic E-state index is 9.32. The molecule has 0 aliphatic carbocycles. The second kappa shape index (κ2) is 5.61. The molecule has 4 rings (SSSR count). The highest BCUT2D eigenvalue weighted by Crippen LogP contribution is 2.30. The maximum Gasteiger partial charge on any atom is 0.488 e. The molecule has 0 unspecified atom stereocenters. The molecular weight excluding hydrogens is 302 g/mol. The van der Waals surface area contributed by atoms with Gasteiger partial charge in [-0.25, -0.2) is 0 Å². The van der Waals surface area contributed by atoms with Crippen LogP contribution in [0, 0.1) is 0 Å². The average molecular weight is 316 g/mol. The second-order valence-electron chi connectivity index (χ2n) is 5.93. The first-order valence-electron chi connectivity index (χ1n) is 7.66. The first-order chi connectivity index (χ1) is 11.5. The molecule has 6 heteroatoms. The van der Waals surface area contributed by atoms with Crippen molar-refractivity contribution in [3.8, 4) is 0 Å². The predicted molar refractivity (Wildman–Crippen MR) is 98.6 cm³/mol. The molecular formula is C18H14B2O4. The van der Waals surface area contributed by atoms with E-state index in [2.05, 4.69) is 0 Å². The van der Waals surface area contributed by atoms with Crippen molar-refractivity contribution in [2.75, 3.05) is 0 Å². The number of fused-ring (bicyclic) bond motifs is 5. The van der Waals surface area contributed by atoms with Gasteiger partial charge in [0.1, 0.15) is 0 Å². The average Bonchev–Trinajstić information content (AvgIpc) is 2.59. The van der Waals surface area contributed by atoms with Crippen LogP contribution >= 0.6 is 0 Å². The summed E-state index contributed by atoms with van der Waals surface area (Å²) in [6, 6.07) is 18.7. The van der Waals surface area contributed by atoms with Crippen molar-refractivity contribution in [2.45, 2.75) is 0 Å². The van der Waals surface area contributed by atoms with Crippen LogP contribution in [0.1, 0.15) is 0 Å². The van der Waals surface area contributed by atoms with E-state index in [1.54, 1.807) is 24.3 Å². The molecule has 0 saturated heterocycles. The third-order valence-electron chi connectivity index (χ3n) is 4.48. The van der Waals surface area contributed by atoms with Crippen LogP contribution in [0.4, 0.5) is 0 Å². The molecule has 0 atom stereocenters. The fourth-order valence-electron chi connectivity index (χ4n) is 3.25. The minimum atomic E-state index is -1.48. The maximum atomic E-state index is 9.32. The molecule has 0 heterocycles. The van der Waals surface area contributed by atoms with Crippen molar-refractivity contribution in [1.29, 1.82) is 0 Å². The lowest BCUT2D eigenvalue weighted by molar-refractivity contribution is 0.424. The monoisotopic (exact) mass is 316 g/mol. The molecule has 116 valence electrons. The van der Waals surface area contributed by atoms with E-state index in [-0.39, 0.29) is 0 Å². The van der Waals surface area contributed by atoms with Crippen LogP contribution in [0.2, 0.25) is 0 Å². The number of hydrogen-bond donors (Lipinski definition) is 4. The van der Waals surface area contributed by atoms with Gasteiger partial charge < -0.3 is 20.1 Å². The van der Waals surface area contributed by atoms with Crippen molar-refractivity contribution in [3.05, 3.63) is 60.7 Å². The highest BCUT2D eigenvalue weighted by molar-refractivity contribution is 6.59. The molecule has 4 aromatic carbocycles. The van der Waals surface area contributed by atoms with E-state index in [4.69, 9.17) is 0 Å². The topological polar surface area (TPSA) is 80.9 Å². The molecule has 4 aromatic rings. The van der Waals surface area contributed by atoms with Gasteiger partial charge in [0, 0.05) is 0 Å². The Labute approximate surface area is 138 Å². The Bertz CT molecular complexity index is 990. The van der Waals surface area contributed by atoms with E-state index in [1.807, 2.05) is 36.4 Å². The van der Waals surface area contributed by atoms with E-state index < -0.39 is 14.2 Å². The fraction of sp³-hybridized carbons (Fsp3) is 0. The Morgan fingerprint density at radius 3 is 1.21 bits per heavy atom. The zero-order chi connectivity index (χ0) is 16.8. The summed E-state index contributed by atoms with van der Waals surface area (Å²) < 4.78 is 0. The first-order valence-corrected chi connectivity index (χ1v) is 7.66. The van der Waals surface area contributed by atoms with Crippen molar-refractivity contribution in [1.82, 2.24) is 0 Å². The molecule has 24 heavy (non-hydrogen) atoms. The molecule has 0 fully saturated rings. The predicted octanol–water partition coefficient (Wildman–Crippen LogP) is 0.506. The quantitative estimate of drug-likeness (QED) is 0.321. The molecule has 4 nitrogen and oxygen atoms in total. The Morgan fingerprint density at radius 2 is 0.833 bits per heavy atom. The van der Waals surface area contributed by atoms with E-state index >= 15 is 0 Å². The summed E-state index contributed by atoms with van der Waals surface area (Å²) in [5, 5.41) is 43.4. The minimum absolute atomic E-state index is 0.462. The fourth-order valence-corrected chi connectivity index (χ4v) is 3.25. The third-order valence-corrected chi connectivity index (χ3v) is 4.48. The largest absolute Gasteiger partial charge is 0.488 e. The van der Waals surface area contributed by atoms with Gasteiger partial charge in [-0.1, -0.05) is 60.7 Å². The van der Waals surface area contributed by atoms with Gasteiger partial charge in [0.15, 0.2) is 0 Å². The number of hydrogen-bond acceptors (Lipinski definition) is 4. The Kier molecular flexibility index (Phi) is 3.55. The lowest BCUT2D eigenvalue weighted by Gasteiger charge is -2.10. The second-order valence-corrected chi connectivity index (χ2v) is 5.93. The summed E-state index contributed by atoms with van der Waals surface area (Å²) in [6.45, 7) is 0. The van der Waals surface area contributed by atoms with E-state index in [0.29, 0.717) is 10.9 Å². The summed E-state index contributed by atoms with van der Waals surface area (Å²) in [7, 11) is -2.96. The molecule has 0 radical (unpaired) electrons. The van der Waals surface area contributed by atoms with Crippen molar-refractivity contribution >= 4 is 57.5 Å². The molecule has 0 bridgehead atoms. The van der Waals surface area contributed by atoms with Gasteiger partial charge in [-0.2, -0.15) is 0 Å². The zero-order valence-corrected chi connectivity index (χ0v) is 12.7. The van der Waals surface area contributed by atoms with Gasteiger partial charge in [0.2, 0.25) is 0 Å². The van der Waals surface area contributed by atoms with Gasteiger partial charge in [-0.15, -0.1) is 0 Å². The van der Waals surface area contributed by atoms with Gasteiger partial charge in [0.05, 0.1) is 0 Å². The van der Waals surface area contributed by atoms with Crippen LogP contribution in [-0.2, 0) is 0 Å². The van der Waals surface area contributed by atoms with E-state index in [9.17, 15) is 20.1 Å². The molecule has 0 spiro atoms. The molecule has 0 amide bonds. The van der Waals surface area contributed by atoms with Crippen LogP contribution in [0.3, 0.4) is 0 Å². The minimum Gasteiger partial charge on any atom is -0.423 e. The first kappa shape index (κ1) is 15.2. The van der Waals surface area contributed by atoms with Crippen molar-refractivity contribution < 1.29 is 20.1 Å². The summed E-state index contributed by atoms with van der Waals surface area (Å²) in [5.41, 5.74) is 0.924. The van der Waals surface area contributed by atoms with Gasteiger partial charge in [0.25, 0.3) is 0 Å². The van der Waals surface area contributed by atoms with Crippen LogP contribution < -0.4 is 10.9 Å². The molecule has 0 aromatic heterocycles. The Morgan fingerprint density at radius 1 is 0.458 bits per heavy atom. The van der Waals surface area contributed by atoms with Crippen LogP contribution in [-0.4, -0.2) is 34.3 Å². The highest BCUT2D eigenvalue weighted by Gasteiger charge is 2.14. The lowest BCUT2D eigenvalue weighted by Crippen LogP contribution is -2.29. The van der Waals surface area contributed by atoms with Crippen molar-refractivity contribution in [2.24, 2.45) is 0 Å². The number of rotatable bonds is 2. The summed E-state index contributed by atoms with van der Waals surface area (Å²) in [6.07, 6.45) is 0. The summed E-state index contributed by atoms with van der Waals surface area (Å²) >= 11 is 0. The molecule has 4 N–H and O–H groups in total. The smallest absolute Gasteiger partial charge is 0.423 e. The number of benzene rings is 4. The molecule has 0 aliphatic rings. The van der Waals surface area contributed by atoms with E-state index in [1.165, 1.54) is 0 Å². The van der Waals surface area contributed by atoms with E-state index in [0.717, 1.165) is 32.3 Å². The summed E-state index contributed by atoms with van der Waals surface area (Å²) in [4.78, 5) is 0. The standard InChI is InChI=1S/C18H14B2O4/c21-19(22)13-3-7-15-11(9-13)1-5-17-16-8-4-14(20(23)24)10-12(16)2-6-18(15)17/h1-10,21-24H. The van der Waals surface area contributed by atoms with Gasteiger partial charge >= 0.3 is 14.2 Å². The zero-order valence-electron chi connectivity index (χ0n) is 12.7. The van der Waals surface area contributed by atoms with Crippen LogP contribution in [0.15, 0.2) is 60.7 Å². The van der Waals surface area contributed by atoms with Crippen LogP contribution in [0.25, 0.3) is 32.3 Å². The molecule has 0 aliphatic heterocycles. The molecule has 0 saturated carbocycles. The third kappa shape index (κ3) is 2.37. The van der Waals surface area contributed by atoms with Crippen LogP contribution in [0.5, 0.6) is 0 Å². The highest BCUT2D eigenvalue weighted by atomic mass is 16.4. The summed E-state index contributed by atoms with van der Waals surface area (Å²) in [5.74, 6) is 0.